The molecule has 0 amide bonds. The second-order valence-corrected chi connectivity index (χ2v) is 5.23. The molecule has 1 aromatic rings. The SMILES string of the molecule is C[C@H](OCc1ccccc1)[C@@H]1CC(=O)C2CC2O1. The minimum atomic E-state index is -0.0648. The first-order valence-electron chi connectivity index (χ1n) is 6.58. The van der Waals surface area contributed by atoms with Crippen LogP contribution in [0.4, 0.5) is 0 Å². The van der Waals surface area contributed by atoms with Crippen LogP contribution in [0.5, 0.6) is 0 Å². The van der Waals surface area contributed by atoms with Crippen molar-refractivity contribution in [1.82, 2.24) is 0 Å². The van der Waals surface area contributed by atoms with Gasteiger partial charge >= 0.3 is 0 Å². The van der Waals surface area contributed by atoms with Gasteiger partial charge < -0.3 is 9.47 Å². The van der Waals surface area contributed by atoms with Crippen molar-refractivity contribution >= 4 is 5.78 Å². The van der Waals surface area contributed by atoms with Crippen molar-refractivity contribution in [3.05, 3.63) is 35.9 Å². The largest absolute Gasteiger partial charge is 0.371 e. The first kappa shape index (κ1) is 11.9. The summed E-state index contributed by atoms with van der Waals surface area (Å²) in [4.78, 5) is 11.7. The lowest BCUT2D eigenvalue weighted by molar-refractivity contribution is -0.139. The molecule has 1 saturated heterocycles. The molecule has 96 valence electrons. The maximum absolute atomic E-state index is 11.7. The molecule has 0 bridgehead atoms. The van der Waals surface area contributed by atoms with Gasteiger partial charge in [0.2, 0.25) is 0 Å². The second kappa shape index (κ2) is 4.82. The number of ketones is 1. The minimum Gasteiger partial charge on any atom is -0.371 e. The van der Waals surface area contributed by atoms with E-state index in [9.17, 15) is 4.79 Å². The fraction of sp³-hybridized carbons (Fsp3) is 0.533. The molecule has 1 aliphatic carbocycles. The molecule has 2 fully saturated rings. The number of ether oxygens (including phenoxy) is 2. The molecule has 18 heavy (non-hydrogen) atoms. The van der Waals surface area contributed by atoms with E-state index in [1.54, 1.807) is 0 Å². The van der Waals surface area contributed by atoms with E-state index in [4.69, 9.17) is 9.47 Å². The van der Waals surface area contributed by atoms with Gasteiger partial charge in [0.05, 0.1) is 24.9 Å². The summed E-state index contributed by atoms with van der Waals surface area (Å²) in [7, 11) is 0. The Morgan fingerprint density at radius 2 is 2.17 bits per heavy atom. The quantitative estimate of drug-likeness (QED) is 0.818. The predicted molar refractivity (Wildman–Crippen MR) is 67.1 cm³/mol. The van der Waals surface area contributed by atoms with E-state index >= 15 is 0 Å². The van der Waals surface area contributed by atoms with Gasteiger partial charge in [-0.25, -0.2) is 0 Å². The van der Waals surface area contributed by atoms with Crippen LogP contribution < -0.4 is 0 Å². The highest BCUT2D eigenvalue weighted by Crippen LogP contribution is 2.41. The van der Waals surface area contributed by atoms with Crippen molar-refractivity contribution in [3.8, 4) is 0 Å². The lowest BCUT2D eigenvalue weighted by Gasteiger charge is -2.27. The monoisotopic (exact) mass is 246 g/mol. The van der Waals surface area contributed by atoms with Gasteiger partial charge in [-0.3, -0.25) is 4.79 Å². The number of carbonyl (C=O) groups excluding carboxylic acids is 1. The fourth-order valence-corrected chi connectivity index (χ4v) is 2.47. The van der Waals surface area contributed by atoms with Crippen molar-refractivity contribution in [2.24, 2.45) is 5.92 Å². The van der Waals surface area contributed by atoms with Crippen LogP contribution in [0.2, 0.25) is 0 Å². The summed E-state index contributed by atoms with van der Waals surface area (Å²) in [6.07, 6.45) is 1.51. The Balaban J connectivity index is 1.52. The highest BCUT2D eigenvalue weighted by atomic mass is 16.6. The van der Waals surface area contributed by atoms with Gasteiger partial charge in [0.15, 0.2) is 0 Å². The van der Waals surface area contributed by atoms with E-state index in [2.05, 4.69) is 0 Å². The molecule has 1 aliphatic heterocycles. The molecule has 3 nitrogen and oxygen atoms in total. The predicted octanol–water partition coefficient (Wildman–Crippen LogP) is 2.34. The van der Waals surface area contributed by atoms with Crippen molar-refractivity contribution in [1.29, 1.82) is 0 Å². The first-order chi connectivity index (χ1) is 8.74. The van der Waals surface area contributed by atoms with Crippen LogP contribution >= 0.6 is 0 Å². The number of Topliss-reactive ketones (excluding diaryl/α,β-unsaturated/α-hetero) is 1. The highest BCUT2D eigenvalue weighted by Gasteiger charge is 2.50. The van der Waals surface area contributed by atoms with E-state index in [1.165, 1.54) is 0 Å². The zero-order chi connectivity index (χ0) is 12.5. The Kier molecular flexibility index (Phi) is 3.18. The Hall–Kier alpha value is -1.19. The number of rotatable bonds is 4. The van der Waals surface area contributed by atoms with E-state index < -0.39 is 0 Å². The van der Waals surface area contributed by atoms with Crippen molar-refractivity contribution in [2.45, 2.75) is 44.7 Å². The number of hydrogen-bond donors (Lipinski definition) is 0. The summed E-state index contributed by atoms with van der Waals surface area (Å²) in [5, 5.41) is 0. The Morgan fingerprint density at radius 3 is 2.89 bits per heavy atom. The summed E-state index contributed by atoms with van der Waals surface area (Å²) in [6.45, 7) is 2.56. The van der Waals surface area contributed by atoms with Crippen LogP contribution in [0.1, 0.15) is 25.3 Å². The van der Waals surface area contributed by atoms with Gasteiger partial charge in [-0.15, -0.1) is 0 Å². The van der Waals surface area contributed by atoms with Gasteiger partial charge in [0.1, 0.15) is 5.78 Å². The molecular formula is C15H18O3. The van der Waals surface area contributed by atoms with Gasteiger partial charge in [0.25, 0.3) is 0 Å². The molecule has 0 radical (unpaired) electrons. The van der Waals surface area contributed by atoms with Crippen molar-refractivity contribution in [3.63, 3.8) is 0 Å². The van der Waals surface area contributed by atoms with E-state index in [0.29, 0.717) is 18.8 Å². The molecular weight excluding hydrogens is 228 g/mol. The van der Waals surface area contributed by atoms with Crippen LogP contribution in [0.3, 0.4) is 0 Å². The van der Waals surface area contributed by atoms with Gasteiger partial charge in [-0.2, -0.15) is 0 Å². The molecule has 0 spiro atoms. The Morgan fingerprint density at radius 1 is 1.39 bits per heavy atom. The average Bonchev–Trinajstić information content (AvgIpc) is 3.17. The first-order valence-corrected chi connectivity index (χ1v) is 6.58. The minimum absolute atomic E-state index is 0.0318. The van der Waals surface area contributed by atoms with Gasteiger partial charge in [0, 0.05) is 12.3 Å². The molecule has 1 heterocycles. The van der Waals surface area contributed by atoms with Crippen LogP contribution in [0, 0.1) is 5.92 Å². The third kappa shape index (κ3) is 2.47. The van der Waals surface area contributed by atoms with Crippen LogP contribution in [0.15, 0.2) is 30.3 Å². The van der Waals surface area contributed by atoms with Gasteiger partial charge in [-0.05, 0) is 18.9 Å². The normalized spacial score (nSPS) is 31.8. The third-order valence-corrected chi connectivity index (χ3v) is 3.78. The molecule has 0 N–H and O–H groups in total. The van der Waals surface area contributed by atoms with Crippen LogP contribution in [-0.4, -0.2) is 24.1 Å². The van der Waals surface area contributed by atoms with Gasteiger partial charge in [-0.1, -0.05) is 30.3 Å². The Bertz CT molecular complexity index is 429. The number of carbonyl (C=O) groups is 1. The second-order valence-electron chi connectivity index (χ2n) is 5.23. The molecule has 1 saturated carbocycles. The standard InChI is InChI=1S/C15H18O3/c1-10(17-9-11-5-3-2-4-6-11)14-8-13(16)12-7-15(12)18-14/h2-6,10,12,14-15H,7-9H2,1H3/t10-,12?,14-,15?/m0/s1. The molecule has 3 rings (SSSR count). The number of fused-ring (bicyclic) bond motifs is 1. The lowest BCUT2D eigenvalue weighted by Crippen LogP contribution is -2.36. The molecule has 0 aromatic heterocycles. The molecule has 1 aromatic carbocycles. The maximum Gasteiger partial charge on any atom is 0.141 e. The van der Waals surface area contributed by atoms with Crippen molar-refractivity contribution in [2.75, 3.05) is 0 Å². The summed E-state index contributed by atoms with van der Waals surface area (Å²) in [5.74, 6) is 0.550. The highest BCUT2D eigenvalue weighted by molar-refractivity contribution is 5.85. The summed E-state index contributed by atoms with van der Waals surface area (Å²) in [6, 6.07) is 10.1. The molecule has 3 heteroatoms. The number of hydrogen-bond acceptors (Lipinski definition) is 3. The van der Waals surface area contributed by atoms with Crippen LogP contribution in [0.25, 0.3) is 0 Å². The zero-order valence-corrected chi connectivity index (χ0v) is 10.5. The topological polar surface area (TPSA) is 35.5 Å². The van der Waals surface area contributed by atoms with Crippen LogP contribution in [-0.2, 0) is 20.9 Å². The smallest absolute Gasteiger partial charge is 0.141 e. The molecule has 4 atom stereocenters. The molecule has 2 unspecified atom stereocenters. The van der Waals surface area contributed by atoms with E-state index in [0.717, 1.165) is 12.0 Å². The summed E-state index contributed by atoms with van der Waals surface area (Å²) >= 11 is 0. The Labute approximate surface area is 107 Å². The molecule has 2 aliphatic rings. The van der Waals surface area contributed by atoms with E-state index in [1.807, 2.05) is 37.3 Å². The number of benzene rings is 1. The van der Waals surface area contributed by atoms with Crippen molar-refractivity contribution < 1.29 is 14.3 Å². The zero-order valence-electron chi connectivity index (χ0n) is 10.5. The average molecular weight is 246 g/mol. The maximum atomic E-state index is 11.7. The lowest BCUT2D eigenvalue weighted by atomic mass is 10.0. The third-order valence-electron chi connectivity index (χ3n) is 3.78. The summed E-state index contributed by atoms with van der Waals surface area (Å²) < 4.78 is 11.6. The summed E-state index contributed by atoms with van der Waals surface area (Å²) in [5.41, 5.74) is 1.15. The fourth-order valence-electron chi connectivity index (χ4n) is 2.47. The van der Waals surface area contributed by atoms with E-state index in [-0.39, 0.29) is 24.2 Å².